The van der Waals surface area contributed by atoms with Gasteiger partial charge in [-0.05, 0) is 39.2 Å². The summed E-state index contributed by atoms with van der Waals surface area (Å²) in [5.41, 5.74) is 7.96. The van der Waals surface area contributed by atoms with Gasteiger partial charge >= 0.3 is 0 Å². The molecule has 0 unspecified atom stereocenters. The lowest BCUT2D eigenvalue weighted by atomic mass is 10.0. The van der Waals surface area contributed by atoms with Gasteiger partial charge in [0.2, 0.25) is 5.88 Å². The molecule has 1 aromatic heterocycles. The van der Waals surface area contributed by atoms with Crippen LogP contribution in [-0.2, 0) is 6.42 Å². The summed E-state index contributed by atoms with van der Waals surface area (Å²) in [6.07, 6.45) is 1.92. The molecule has 2 N–H and O–H groups in total. The normalized spacial score (nSPS) is 11.5. The summed E-state index contributed by atoms with van der Waals surface area (Å²) in [7, 11) is 1.71. The fraction of sp³-hybridized carbons (Fsp3) is 0.769. The van der Waals surface area contributed by atoms with E-state index < -0.39 is 0 Å². The predicted octanol–water partition coefficient (Wildman–Crippen LogP) is 2.49. The van der Waals surface area contributed by atoms with Crippen molar-refractivity contribution >= 4 is 0 Å². The molecule has 1 rings (SSSR count). The van der Waals surface area contributed by atoms with Crippen molar-refractivity contribution in [1.29, 1.82) is 0 Å². The summed E-state index contributed by atoms with van der Waals surface area (Å²) in [6.45, 7) is 9.27. The highest BCUT2D eigenvalue weighted by Gasteiger charge is 2.21. The first kappa shape index (κ1) is 14.0. The van der Waals surface area contributed by atoms with Crippen LogP contribution < -0.4 is 10.5 Å². The third-order valence-electron chi connectivity index (χ3n) is 2.85. The Bertz CT molecular complexity index is 356. The van der Waals surface area contributed by atoms with Gasteiger partial charge in [-0.1, -0.05) is 13.8 Å². The van der Waals surface area contributed by atoms with Gasteiger partial charge in [-0.25, -0.2) is 4.68 Å². The second kappa shape index (κ2) is 6.05. The largest absolute Gasteiger partial charge is 0.481 e. The van der Waals surface area contributed by atoms with Gasteiger partial charge in [0.1, 0.15) is 0 Å². The van der Waals surface area contributed by atoms with E-state index in [0.29, 0.717) is 18.5 Å². The maximum atomic E-state index is 5.59. The number of hydrogen-bond donors (Lipinski definition) is 1. The molecule has 1 aromatic rings. The van der Waals surface area contributed by atoms with Crippen LogP contribution in [-0.4, -0.2) is 23.4 Å². The second-order valence-electron chi connectivity index (χ2n) is 4.96. The molecule has 98 valence electrons. The highest BCUT2D eigenvalue weighted by Crippen LogP contribution is 2.30. The zero-order valence-corrected chi connectivity index (χ0v) is 11.7. The Morgan fingerprint density at radius 3 is 2.35 bits per heavy atom. The summed E-state index contributed by atoms with van der Waals surface area (Å²) in [5.74, 6) is 1.31. The standard InChI is InChI=1S/C13H25N3O/c1-9(2)12-11(7-6-8-14)13(17-5)16(15-12)10(3)4/h9-10H,6-8,14H2,1-5H3. The molecule has 0 saturated heterocycles. The SMILES string of the molecule is COc1c(CCCN)c(C(C)C)nn1C(C)C. The van der Waals surface area contributed by atoms with Crippen LogP contribution in [0.15, 0.2) is 0 Å². The highest BCUT2D eigenvalue weighted by atomic mass is 16.5. The Hall–Kier alpha value is -1.03. The van der Waals surface area contributed by atoms with Crippen LogP contribution >= 0.6 is 0 Å². The van der Waals surface area contributed by atoms with Crippen LogP contribution in [0.5, 0.6) is 5.88 Å². The Morgan fingerprint density at radius 1 is 1.29 bits per heavy atom. The molecule has 4 nitrogen and oxygen atoms in total. The minimum atomic E-state index is 0.314. The molecule has 0 amide bonds. The Labute approximate surface area is 104 Å². The molecule has 0 aliphatic carbocycles. The zero-order chi connectivity index (χ0) is 13.0. The maximum absolute atomic E-state index is 5.59. The van der Waals surface area contributed by atoms with Crippen molar-refractivity contribution in [3.8, 4) is 5.88 Å². The van der Waals surface area contributed by atoms with E-state index in [-0.39, 0.29) is 0 Å². The first-order valence-electron chi connectivity index (χ1n) is 6.38. The van der Waals surface area contributed by atoms with Crippen molar-refractivity contribution in [2.45, 2.75) is 52.5 Å². The van der Waals surface area contributed by atoms with E-state index in [9.17, 15) is 0 Å². The fourth-order valence-corrected chi connectivity index (χ4v) is 2.01. The summed E-state index contributed by atoms with van der Waals surface area (Å²) >= 11 is 0. The number of aromatic nitrogens is 2. The third kappa shape index (κ3) is 3.00. The minimum Gasteiger partial charge on any atom is -0.481 e. The van der Waals surface area contributed by atoms with Crippen LogP contribution in [0.1, 0.15) is 57.3 Å². The first-order valence-corrected chi connectivity index (χ1v) is 6.38. The molecule has 0 aliphatic heterocycles. The van der Waals surface area contributed by atoms with Crippen molar-refractivity contribution in [1.82, 2.24) is 9.78 Å². The zero-order valence-electron chi connectivity index (χ0n) is 11.7. The highest BCUT2D eigenvalue weighted by molar-refractivity contribution is 5.34. The Kier molecular flexibility index (Phi) is 5.00. The van der Waals surface area contributed by atoms with Crippen molar-refractivity contribution in [3.63, 3.8) is 0 Å². The molecular formula is C13H25N3O. The molecule has 0 fully saturated rings. The Morgan fingerprint density at radius 2 is 1.94 bits per heavy atom. The van der Waals surface area contributed by atoms with Crippen molar-refractivity contribution in [2.24, 2.45) is 5.73 Å². The number of nitrogens with zero attached hydrogens (tertiary/aromatic N) is 2. The monoisotopic (exact) mass is 239 g/mol. The smallest absolute Gasteiger partial charge is 0.215 e. The van der Waals surface area contributed by atoms with Crippen LogP contribution in [0.2, 0.25) is 0 Å². The van der Waals surface area contributed by atoms with E-state index in [0.717, 1.165) is 24.4 Å². The fourth-order valence-electron chi connectivity index (χ4n) is 2.01. The molecule has 1 heterocycles. The van der Waals surface area contributed by atoms with E-state index in [2.05, 4.69) is 32.8 Å². The van der Waals surface area contributed by atoms with Gasteiger partial charge in [0.05, 0.1) is 18.8 Å². The molecule has 17 heavy (non-hydrogen) atoms. The molecule has 0 spiro atoms. The van der Waals surface area contributed by atoms with Gasteiger partial charge < -0.3 is 10.5 Å². The van der Waals surface area contributed by atoms with Crippen LogP contribution in [0.3, 0.4) is 0 Å². The van der Waals surface area contributed by atoms with Gasteiger partial charge in [0.25, 0.3) is 0 Å². The number of ether oxygens (including phenoxy) is 1. The number of hydrogen-bond acceptors (Lipinski definition) is 3. The minimum absolute atomic E-state index is 0.314. The number of rotatable bonds is 6. The molecule has 0 bridgehead atoms. The van der Waals surface area contributed by atoms with E-state index in [1.54, 1.807) is 7.11 Å². The first-order chi connectivity index (χ1) is 8.02. The predicted molar refractivity (Wildman–Crippen MR) is 70.6 cm³/mol. The molecular weight excluding hydrogens is 214 g/mol. The van der Waals surface area contributed by atoms with Crippen molar-refractivity contribution in [2.75, 3.05) is 13.7 Å². The number of methoxy groups -OCH3 is 1. The van der Waals surface area contributed by atoms with Gasteiger partial charge in [-0.2, -0.15) is 5.10 Å². The molecule has 0 aromatic carbocycles. The van der Waals surface area contributed by atoms with Crippen molar-refractivity contribution in [3.05, 3.63) is 11.3 Å². The van der Waals surface area contributed by atoms with Gasteiger partial charge in [0, 0.05) is 5.56 Å². The van der Waals surface area contributed by atoms with E-state index in [1.165, 1.54) is 5.56 Å². The maximum Gasteiger partial charge on any atom is 0.215 e. The van der Waals surface area contributed by atoms with Crippen LogP contribution in [0.25, 0.3) is 0 Å². The molecule has 0 aliphatic rings. The average molecular weight is 239 g/mol. The van der Waals surface area contributed by atoms with Gasteiger partial charge in [-0.15, -0.1) is 0 Å². The lowest BCUT2D eigenvalue weighted by Crippen LogP contribution is -2.06. The average Bonchev–Trinajstić information content (AvgIpc) is 2.64. The lowest BCUT2D eigenvalue weighted by Gasteiger charge is -2.10. The quantitative estimate of drug-likeness (QED) is 0.829. The van der Waals surface area contributed by atoms with E-state index >= 15 is 0 Å². The summed E-state index contributed by atoms with van der Waals surface area (Å²) in [6, 6.07) is 0.314. The summed E-state index contributed by atoms with van der Waals surface area (Å²) in [5, 5.41) is 4.68. The molecule has 0 atom stereocenters. The van der Waals surface area contributed by atoms with E-state index in [4.69, 9.17) is 10.5 Å². The van der Waals surface area contributed by atoms with Gasteiger partial charge in [-0.3, -0.25) is 0 Å². The summed E-state index contributed by atoms with van der Waals surface area (Å²) in [4.78, 5) is 0. The third-order valence-corrected chi connectivity index (χ3v) is 2.85. The van der Waals surface area contributed by atoms with Crippen molar-refractivity contribution < 1.29 is 4.74 Å². The summed E-state index contributed by atoms with van der Waals surface area (Å²) < 4.78 is 7.50. The molecule has 4 heteroatoms. The number of nitrogens with two attached hydrogens (primary N) is 1. The van der Waals surface area contributed by atoms with Crippen LogP contribution in [0.4, 0.5) is 0 Å². The Balaban J connectivity index is 3.19. The second-order valence-corrected chi connectivity index (χ2v) is 4.96. The van der Waals surface area contributed by atoms with Gasteiger partial charge in [0.15, 0.2) is 0 Å². The molecule has 0 radical (unpaired) electrons. The topological polar surface area (TPSA) is 53.1 Å². The molecule has 0 saturated carbocycles. The van der Waals surface area contributed by atoms with E-state index in [1.807, 2.05) is 4.68 Å². The lowest BCUT2D eigenvalue weighted by molar-refractivity contribution is 0.341. The van der Waals surface area contributed by atoms with Crippen LogP contribution in [0, 0.1) is 0 Å².